The third-order valence-electron chi connectivity index (χ3n) is 3.29. The number of nitrogens with zero attached hydrogens (tertiary/aromatic N) is 5. The molecule has 1 N–H and O–H groups in total. The largest absolute Gasteiger partial charge is 0.442 e. The van der Waals surface area contributed by atoms with Crippen LogP contribution in [0.3, 0.4) is 0 Å². The van der Waals surface area contributed by atoms with Crippen molar-refractivity contribution < 1.29 is 9.53 Å². The van der Waals surface area contributed by atoms with Gasteiger partial charge in [-0.25, -0.2) is 19.7 Å². The Morgan fingerprint density at radius 3 is 2.54 bits per heavy atom. The second kappa shape index (κ2) is 6.91. The molecule has 0 aromatic carbocycles. The molecule has 0 bridgehead atoms. The van der Waals surface area contributed by atoms with E-state index in [0.29, 0.717) is 17.5 Å². The van der Waals surface area contributed by atoms with Crippen LogP contribution in [-0.2, 0) is 4.74 Å². The van der Waals surface area contributed by atoms with Gasteiger partial charge in [0.05, 0.1) is 6.20 Å². The van der Waals surface area contributed by atoms with E-state index in [1.165, 1.54) is 4.68 Å². The van der Waals surface area contributed by atoms with Crippen molar-refractivity contribution in [2.75, 3.05) is 5.32 Å². The molecule has 0 aliphatic heterocycles. The number of carbonyl (C=O) groups is 1. The van der Waals surface area contributed by atoms with E-state index < -0.39 is 11.7 Å². The first-order chi connectivity index (χ1) is 12.3. The molecule has 26 heavy (non-hydrogen) atoms. The lowest BCUT2D eigenvalue weighted by Gasteiger charge is -2.18. The molecule has 0 radical (unpaired) electrons. The average molecular weight is 352 g/mol. The van der Waals surface area contributed by atoms with Crippen molar-refractivity contribution in [1.29, 1.82) is 0 Å². The van der Waals surface area contributed by atoms with Crippen molar-refractivity contribution in [3.05, 3.63) is 48.8 Å². The Morgan fingerprint density at radius 1 is 1.08 bits per heavy atom. The van der Waals surface area contributed by atoms with Crippen LogP contribution in [0.15, 0.2) is 43.0 Å². The quantitative estimate of drug-likeness (QED) is 0.770. The van der Waals surface area contributed by atoms with E-state index in [4.69, 9.17) is 4.74 Å². The fraction of sp³-hybridized carbons (Fsp3) is 0.278. The Labute approximate surface area is 151 Å². The van der Waals surface area contributed by atoms with Gasteiger partial charge >= 0.3 is 6.09 Å². The summed E-state index contributed by atoms with van der Waals surface area (Å²) in [6.45, 7) is 7.25. The molecular formula is C18H20N6O2. The van der Waals surface area contributed by atoms with Crippen LogP contribution in [0.25, 0.3) is 11.1 Å². The van der Waals surface area contributed by atoms with Gasteiger partial charge in [0.15, 0.2) is 0 Å². The second-order valence-electron chi connectivity index (χ2n) is 6.70. The van der Waals surface area contributed by atoms with Gasteiger partial charge in [-0.3, -0.25) is 0 Å². The van der Waals surface area contributed by atoms with Gasteiger partial charge in [0, 0.05) is 29.7 Å². The Balaban J connectivity index is 1.72. The van der Waals surface area contributed by atoms with E-state index in [9.17, 15) is 4.79 Å². The second-order valence-corrected chi connectivity index (χ2v) is 6.70. The number of hydrogen-bond acceptors (Lipinski definition) is 7. The summed E-state index contributed by atoms with van der Waals surface area (Å²) in [7, 11) is 0. The predicted octanol–water partition coefficient (Wildman–Crippen LogP) is 3.57. The highest BCUT2D eigenvalue weighted by Gasteiger charge is 2.18. The van der Waals surface area contributed by atoms with E-state index in [1.807, 2.05) is 39.8 Å². The summed E-state index contributed by atoms with van der Waals surface area (Å²) >= 11 is 0. The average Bonchev–Trinajstić information content (AvgIpc) is 3.04. The van der Waals surface area contributed by atoms with Crippen molar-refractivity contribution in [3.63, 3.8) is 0 Å². The van der Waals surface area contributed by atoms with Crippen LogP contribution >= 0.6 is 0 Å². The molecule has 0 saturated carbocycles. The predicted molar refractivity (Wildman–Crippen MR) is 97.1 cm³/mol. The van der Waals surface area contributed by atoms with E-state index in [1.54, 1.807) is 30.9 Å². The smallest absolute Gasteiger partial charge is 0.435 e. The van der Waals surface area contributed by atoms with Crippen LogP contribution < -0.4 is 5.32 Å². The number of hydrogen-bond donors (Lipinski definition) is 1. The number of aromatic nitrogens is 5. The number of rotatable bonds is 3. The third kappa shape index (κ3) is 4.41. The maximum atomic E-state index is 12.0. The Kier molecular flexibility index (Phi) is 4.66. The van der Waals surface area contributed by atoms with Crippen molar-refractivity contribution in [1.82, 2.24) is 24.7 Å². The zero-order chi connectivity index (χ0) is 18.7. The summed E-state index contributed by atoms with van der Waals surface area (Å²) in [4.78, 5) is 24.7. The summed E-state index contributed by atoms with van der Waals surface area (Å²) in [5.41, 5.74) is 1.04. The molecule has 0 aliphatic carbocycles. The lowest BCUT2D eigenvalue weighted by atomic mass is 10.2. The molecule has 0 unspecified atom stereocenters. The van der Waals surface area contributed by atoms with Crippen molar-refractivity contribution in [2.45, 2.75) is 33.3 Å². The molecule has 134 valence electrons. The summed E-state index contributed by atoms with van der Waals surface area (Å²) in [6, 6.07) is 5.49. The lowest BCUT2D eigenvalue weighted by molar-refractivity contribution is 0.0514. The summed E-state index contributed by atoms with van der Waals surface area (Å²) in [6.07, 6.45) is 6.08. The van der Waals surface area contributed by atoms with Gasteiger partial charge in [0.25, 0.3) is 0 Å². The molecule has 3 aromatic rings. The number of anilines is 2. The van der Waals surface area contributed by atoms with Gasteiger partial charge in [0.2, 0.25) is 0 Å². The fourth-order valence-electron chi connectivity index (χ4n) is 2.18. The summed E-state index contributed by atoms with van der Waals surface area (Å²) in [5.74, 6) is 2.02. The summed E-state index contributed by atoms with van der Waals surface area (Å²) in [5, 5.41) is 7.17. The molecule has 3 aromatic heterocycles. The molecule has 0 amide bonds. The number of ether oxygens (including phenoxy) is 1. The highest BCUT2D eigenvalue weighted by atomic mass is 16.6. The molecule has 0 saturated heterocycles. The van der Waals surface area contributed by atoms with Crippen molar-refractivity contribution in [2.24, 2.45) is 0 Å². The third-order valence-corrected chi connectivity index (χ3v) is 3.29. The Bertz CT molecular complexity index is 912. The number of carbonyl (C=O) groups excluding carboxylic acids is 1. The number of pyridine rings is 1. The first-order valence-corrected chi connectivity index (χ1v) is 8.11. The molecule has 8 heteroatoms. The number of aryl methyl sites for hydroxylation is 1. The van der Waals surface area contributed by atoms with Crippen LogP contribution in [0.1, 0.15) is 26.6 Å². The van der Waals surface area contributed by atoms with Gasteiger partial charge in [-0.1, -0.05) is 0 Å². The van der Waals surface area contributed by atoms with Crippen molar-refractivity contribution >= 4 is 17.7 Å². The zero-order valence-electron chi connectivity index (χ0n) is 15.1. The molecule has 3 rings (SSSR count). The highest BCUT2D eigenvalue weighted by Crippen LogP contribution is 2.20. The SMILES string of the molecule is Cc1nccc(Nc2ccc(-c3cnn(C(=O)OC(C)(C)C)c3)cn2)n1. The van der Waals surface area contributed by atoms with Gasteiger partial charge < -0.3 is 10.1 Å². The lowest BCUT2D eigenvalue weighted by Crippen LogP contribution is -2.27. The van der Waals surface area contributed by atoms with Crippen LogP contribution in [0.4, 0.5) is 16.4 Å². The van der Waals surface area contributed by atoms with E-state index in [0.717, 1.165) is 11.1 Å². The van der Waals surface area contributed by atoms with E-state index in [2.05, 4.69) is 25.4 Å². The number of nitrogens with one attached hydrogen (secondary N) is 1. The maximum absolute atomic E-state index is 12.0. The molecule has 0 fully saturated rings. The molecular weight excluding hydrogens is 332 g/mol. The van der Waals surface area contributed by atoms with Gasteiger partial charge in [-0.2, -0.15) is 9.78 Å². The Hall–Kier alpha value is -3.29. The van der Waals surface area contributed by atoms with Crippen LogP contribution in [0, 0.1) is 6.92 Å². The molecule has 8 nitrogen and oxygen atoms in total. The summed E-state index contributed by atoms with van der Waals surface area (Å²) < 4.78 is 6.47. The first kappa shape index (κ1) is 17.5. The fourth-order valence-corrected chi connectivity index (χ4v) is 2.18. The van der Waals surface area contributed by atoms with Crippen LogP contribution in [0.2, 0.25) is 0 Å². The van der Waals surface area contributed by atoms with Crippen molar-refractivity contribution in [3.8, 4) is 11.1 Å². The normalized spacial score (nSPS) is 11.2. The van der Waals surface area contributed by atoms with Crippen LogP contribution in [-0.4, -0.2) is 36.4 Å². The van der Waals surface area contributed by atoms with Gasteiger partial charge in [-0.15, -0.1) is 0 Å². The van der Waals surface area contributed by atoms with Gasteiger partial charge in [0.1, 0.15) is 23.1 Å². The highest BCUT2D eigenvalue weighted by molar-refractivity contribution is 5.72. The monoisotopic (exact) mass is 352 g/mol. The molecule has 3 heterocycles. The molecule has 0 spiro atoms. The maximum Gasteiger partial charge on any atom is 0.435 e. The first-order valence-electron chi connectivity index (χ1n) is 8.11. The minimum atomic E-state index is -0.572. The zero-order valence-corrected chi connectivity index (χ0v) is 15.1. The van der Waals surface area contributed by atoms with E-state index in [-0.39, 0.29) is 0 Å². The minimum absolute atomic E-state index is 0.519. The topological polar surface area (TPSA) is 94.8 Å². The van der Waals surface area contributed by atoms with E-state index >= 15 is 0 Å². The Morgan fingerprint density at radius 2 is 1.88 bits per heavy atom. The van der Waals surface area contributed by atoms with Gasteiger partial charge in [-0.05, 0) is 45.9 Å². The molecule has 0 aliphatic rings. The van der Waals surface area contributed by atoms with Crippen LogP contribution in [0.5, 0.6) is 0 Å². The standard InChI is InChI=1S/C18H20N6O2/c1-12-19-8-7-16(22-12)23-15-6-5-13(9-20-15)14-10-21-24(11-14)17(25)26-18(2,3)4/h5-11H,1-4H3,(H,19,20,22,23). The minimum Gasteiger partial charge on any atom is -0.442 e. The molecule has 0 atom stereocenters.